The van der Waals surface area contributed by atoms with Crippen molar-refractivity contribution < 1.29 is 23.5 Å². The van der Waals surface area contributed by atoms with Crippen molar-refractivity contribution in [2.75, 3.05) is 19.8 Å². The highest BCUT2D eigenvalue weighted by atomic mass is 19.1. The van der Waals surface area contributed by atoms with Crippen molar-refractivity contribution in [1.82, 2.24) is 4.90 Å². The first kappa shape index (κ1) is 17.4. The third-order valence-electron chi connectivity index (χ3n) is 5.98. The van der Waals surface area contributed by atoms with E-state index in [1.165, 1.54) is 4.90 Å². The molecule has 0 saturated carbocycles. The number of amides is 1. The lowest BCUT2D eigenvalue weighted by atomic mass is 9.92. The van der Waals surface area contributed by atoms with Crippen LogP contribution < -0.4 is 0 Å². The summed E-state index contributed by atoms with van der Waals surface area (Å²) in [5.41, 5.74) is 4.54. The Labute approximate surface area is 162 Å². The highest BCUT2D eigenvalue weighted by molar-refractivity contribution is 5.87. The Morgan fingerprint density at radius 3 is 2.39 bits per heavy atom. The molecule has 0 spiro atoms. The van der Waals surface area contributed by atoms with Crippen molar-refractivity contribution in [2.45, 2.75) is 30.6 Å². The number of halogens is 1. The lowest BCUT2D eigenvalue weighted by Crippen LogP contribution is -2.64. The molecular weight excluding hydrogens is 361 g/mol. The van der Waals surface area contributed by atoms with Crippen molar-refractivity contribution in [2.24, 2.45) is 0 Å². The molecule has 2 aliphatic heterocycles. The normalized spacial score (nSPS) is 26.0. The summed E-state index contributed by atoms with van der Waals surface area (Å²) in [5, 5.41) is 0. The summed E-state index contributed by atoms with van der Waals surface area (Å²) >= 11 is 0. The van der Waals surface area contributed by atoms with Gasteiger partial charge in [-0.3, -0.25) is 9.69 Å². The van der Waals surface area contributed by atoms with Gasteiger partial charge in [0.15, 0.2) is 12.0 Å². The number of nitrogens with zero attached hydrogens (tertiary/aromatic N) is 1. The molecule has 2 aromatic rings. The summed E-state index contributed by atoms with van der Waals surface area (Å²) in [4.78, 5) is 26.0. The Morgan fingerprint density at radius 2 is 1.71 bits per heavy atom. The number of hydrogen-bond acceptors (Lipinski definition) is 4. The summed E-state index contributed by atoms with van der Waals surface area (Å²) in [6.07, 6.45) is -2.31. The van der Waals surface area contributed by atoms with Gasteiger partial charge in [-0.2, -0.15) is 0 Å². The van der Waals surface area contributed by atoms with Crippen molar-refractivity contribution >= 4 is 11.9 Å². The topological polar surface area (TPSA) is 55.8 Å². The van der Waals surface area contributed by atoms with E-state index in [9.17, 15) is 14.0 Å². The van der Waals surface area contributed by atoms with Crippen LogP contribution >= 0.6 is 0 Å². The van der Waals surface area contributed by atoms with Crippen LogP contribution in [0.4, 0.5) is 9.18 Å². The molecule has 0 aromatic heterocycles. The highest BCUT2D eigenvalue weighted by Gasteiger charge is 2.48. The maximum Gasteiger partial charge on any atom is 0.410 e. The minimum Gasteiger partial charge on any atom is -0.448 e. The van der Waals surface area contributed by atoms with Gasteiger partial charge in [-0.1, -0.05) is 48.5 Å². The fourth-order valence-corrected chi connectivity index (χ4v) is 4.65. The van der Waals surface area contributed by atoms with Gasteiger partial charge < -0.3 is 9.47 Å². The Morgan fingerprint density at radius 1 is 1.07 bits per heavy atom. The fraction of sp³-hybridized carbons (Fsp3) is 0.364. The number of ketones is 1. The first-order valence-electron chi connectivity index (χ1n) is 9.53. The van der Waals surface area contributed by atoms with E-state index in [4.69, 9.17) is 9.47 Å². The highest BCUT2D eigenvalue weighted by Crippen LogP contribution is 2.44. The molecule has 1 amide bonds. The molecule has 2 aromatic carbocycles. The van der Waals surface area contributed by atoms with Crippen molar-refractivity contribution in [3.8, 4) is 11.1 Å². The lowest BCUT2D eigenvalue weighted by molar-refractivity contribution is -0.144. The van der Waals surface area contributed by atoms with Gasteiger partial charge in [-0.05, 0) is 22.3 Å². The second-order valence-electron chi connectivity index (χ2n) is 7.54. The molecule has 2 fully saturated rings. The molecule has 2 saturated heterocycles. The predicted molar refractivity (Wildman–Crippen MR) is 99.8 cm³/mol. The minimum atomic E-state index is -1.71. The Hall–Kier alpha value is -2.73. The van der Waals surface area contributed by atoms with Crippen LogP contribution in [0.1, 0.15) is 23.5 Å². The van der Waals surface area contributed by atoms with Crippen LogP contribution in [0.15, 0.2) is 48.5 Å². The molecule has 2 bridgehead atoms. The van der Waals surface area contributed by atoms with Crippen LogP contribution in [0, 0.1) is 0 Å². The summed E-state index contributed by atoms with van der Waals surface area (Å²) in [6.45, 7) is 0.432. The van der Waals surface area contributed by atoms with Crippen LogP contribution in [-0.4, -0.2) is 54.9 Å². The van der Waals surface area contributed by atoms with Crippen molar-refractivity contribution in [3.63, 3.8) is 0 Å². The Bertz CT molecular complexity index is 900. The molecule has 0 radical (unpaired) electrons. The van der Waals surface area contributed by atoms with Crippen LogP contribution in [0.3, 0.4) is 0 Å². The number of rotatable bonds is 2. The molecule has 5 rings (SSSR count). The Kier molecular flexibility index (Phi) is 4.16. The zero-order valence-electron chi connectivity index (χ0n) is 15.2. The maximum absolute atomic E-state index is 14.3. The standard InChI is InChI=1S/C22H20FNO4/c23-21-19-12-27-10-13(9-20(21)25)24(19)22(26)28-11-18-16-7-3-1-5-14(16)15-6-2-4-8-17(15)18/h1-8,13,18-19,21H,9-12H2. The molecule has 3 aliphatic rings. The number of alkyl halides is 1. The van der Waals surface area contributed by atoms with E-state index in [0.717, 1.165) is 22.3 Å². The number of fused-ring (bicyclic) bond motifs is 5. The van der Waals surface area contributed by atoms with E-state index in [0.29, 0.717) is 0 Å². The molecule has 2 heterocycles. The zero-order chi connectivity index (χ0) is 19.3. The van der Waals surface area contributed by atoms with E-state index in [1.807, 2.05) is 36.4 Å². The molecule has 1 aliphatic carbocycles. The van der Waals surface area contributed by atoms with E-state index >= 15 is 0 Å². The minimum absolute atomic E-state index is 0.0214. The number of morpholine rings is 1. The summed E-state index contributed by atoms with van der Waals surface area (Å²) in [7, 11) is 0. The van der Waals surface area contributed by atoms with E-state index < -0.39 is 30.1 Å². The summed E-state index contributed by atoms with van der Waals surface area (Å²) < 4.78 is 25.3. The fourth-order valence-electron chi connectivity index (χ4n) is 4.65. The first-order valence-corrected chi connectivity index (χ1v) is 9.53. The maximum atomic E-state index is 14.3. The SMILES string of the molecule is O=C1CC2COCC(C1F)N2C(=O)OCC1c2ccccc2-c2ccccc21. The predicted octanol–water partition coefficient (Wildman–Crippen LogP) is 3.32. The van der Waals surface area contributed by atoms with Crippen LogP contribution in [0.25, 0.3) is 11.1 Å². The van der Waals surface area contributed by atoms with E-state index in [1.54, 1.807) is 0 Å². The first-order chi connectivity index (χ1) is 13.6. The van der Waals surface area contributed by atoms with Crippen molar-refractivity contribution in [1.29, 1.82) is 0 Å². The van der Waals surface area contributed by atoms with Gasteiger partial charge in [0.1, 0.15) is 6.61 Å². The van der Waals surface area contributed by atoms with E-state index in [2.05, 4.69) is 12.1 Å². The molecule has 3 unspecified atom stereocenters. The third-order valence-corrected chi connectivity index (χ3v) is 5.98. The summed E-state index contributed by atoms with van der Waals surface area (Å²) in [6, 6.07) is 14.8. The van der Waals surface area contributed by atoms with Gasteiger partial charge in [0.2, 0.25) is 0 Å². The molecule has 144 valence electrons. The quantitative estimate of drug-likeness (QED) is 0.801. The molecular formula is C22H20FNO4. The number of carbonyl (C=O) groups is 2. The molecule has 0 N–H and O–H groups in total. The number of piperidine rings is 1. The zero-order valence-corrected chi connectivity index (χ0v) is 15.2. The third kappa shape index (κ3) is 2.63. The lowest BCUT2D eigenvalue weighted by Gasteiger charge is -2.45. The van der Waals surface area contributed by atoms with E-state index in [-0.39, 0.29) is 32.2 Å². The smallest absolute Gasteiger partial charge is 0.410 e. The van der Waals surface area contributed by atoms with Gasteiger partial charge in [0.05, 0.1) is 25.3 Å². The number of benzene rings is 2. The number of ether oxygens (including phenoxy) is 2. The molecule has 3 atom stereocenters. The molecule has 5 nitrogen and oxygen atoms in total. The average Bonchev–Trinajstić information content (AvgIpc) is 3.04. The number of hydrogen-bond donors (Lipinski definition) is 0. The van der Waals surface area contributed by atoms with Gasteiger partial charge in [-0.15, -0.1) is 0 Å². The second-order valence-corrected chi connectivity index (χ2v) is 7.54. The average molecular weight is 381 g/mol. The number of Topliss-reactive ketones (excluding diaryl/α,β-unsaturated/α-hetero) is 1. The van der Waals surface area contributed by atoms with Gasteiger partial charge in [-0.25, -0.2) is 9.18 Å². The molecule has 28 heavy (non-hydrogen) atoms. The Balaban J connectivity index is 1.37. The van der Waals surface area contributed by atoms with Gasteiger partial charge in [0.25, 0.3) is 0 Å². The van der Waals surface area contributed by atoms with Crippen LogP contribution in [-0.2, 0) is 14.3 Å². The number of carbonyl (C=O) groups excluding carboxylic acids is 2. The van der Waals surface area contributed by atoms with Crippen LogP contribution in [0.5, 0.6) is 0 Å². The van der Waals surface area contributed by atoms with Crippen LogP contribution in [0.2, 0.25) is 0 Å². The monoisotopic (exact) mass is 381 g/mol. The summed E-state index contributed by atoms with van der Waals surface area (Å²) in [5.74, 6) is -0.513. The van der Waals surface area contributed by atoms with Gasteiger partial charge >= 0.3 is 6.09 Å². The second kappa shape index (κ2) is 6.71. The van der Waals surface area contributed by atoms with Gasteiger partial charge in [0, 0.05) is 12.3 Å². The van der Waals surface area contributed by atoms with Crippen molar-refractivity contribution in [3.05, 3.63) is 59.7 Å². The largest absolute Gasteiger partial charge is 0.448 e. The molecule has 6 heteroatoms.